The van der Waals surface area contributed by atoms with Gasteiger partial charge < -0.3 is 10.1 Å². The molecule has 0 aliphatic carbocycles. The molecule has 5 rings (SSSR count). The zero-order valence-electron chi connectivity index (χ0n) is 21.0. The summed E-state index contributed by atoms with van der Waals surface area (Å²) in [7, 11) is 0. The molecule has 0 bridgehead atoms. The third-order valence-corrected chi connectivity index (χ3v) is 7.29. The first-order valence-electron chi connectivity index (χ1n) is 12.4. The summed E-state index contributed by atoms with van der Waals surface area (Å²) >= 11 is 1.52. The van der Waals surface area contributed by atoms with E-state index in [0.717, 1.165) is 50.7 Å². The van der Waals surface area contributed by atoms with Gasteiger partial charge in [-0.2, -0.15) is 5.10 Å². The summed E-state index contributed by atoms with van der Waals surface area (Å²) in [5.74, 6) is 0.722. The second-order valence-electron chi connectivity index (χ2n) is 8.83. The van der Waals surface area contributed by atoms with E-state index >= 15 is 0 Å². The van der Waals surface area contributed by atoms with Gasteiger partial charge in [-0.05, 0) is 54.8 Å². The maximum absolute atomic E-state index is 13.2. The summed E-state index contributed by atoms with van der Waals surface area (Å²) in [6.07, 6.45) is 2.93. The summed E-state index contributed by atoms with van der Waals surface area (Å²) in [5, 5.41) is 8.01. The second kappa shape index (κ2) is 11.3. The predicted molar refractivity (Wildman–Crippen MR) is 150 cm³/mol. The van der Waals surface area contributed by atoms with Gasteiger partial charge in [-0.1, -0.05) is 67.6 Å². The Kier molecular flexibility index (Phi) is 7.47. The van der Waals surface area contributed by atoms with Gasteiger partial charge in [0.2, 0.25) is 0 Å². The Morgan fingerprint density at radius 2 is 1.68 bits per heavy atom. The summed E-state index contributed by atoms with van der Waals surface area (Å²) in [6.45, 7) is 5.16. The SMILES string of the molecule is CCCOc1cccc(-c2nn(-c3ccccc3)cc2CNC(=O)c2cc(C)c(-c3ccccc3)s2)c1. The number of aromatic nitrogens is 2. The highest BCUT2D eigenvalue weighted by Crippen LogP contribution is 2.32. The number of carbonyl (C=O) groups is 1. The van der Waals surface area contributed by atoms with Crippen molar-refractivity contribution in [1.82, 2.24) is 15.1 Å². The lowest BCUT2D eigenvalue weighted by molar-refractivity contribution is 0.0955. The molecule has 6 heteroatoms. The molecule has 0 saturated heterocycles. The van der Waals surface area contributed by atoms with Crippen LogP contribution >= 0.6 is 11.3 Å². The number of ether oxygens (including phenoxy) is 1. The minimum atomic E-state index is -0.0891. The number of thiophene rings is 1. The maximum atomic E-state index is 13.2. The molecule has 0 spiro atoms. The van der Waals surface area contributed by atoms with Crippen LogP contribution in [0.3, 0.4) is 0 Å². The van der Waals surface area contributed by atoms with Gasteiger partial charge in [0, 0.05) is 28.7 Å². The van der Waals surface area contributed by atoms with Gasteiger partial charge in [-0.15, -0.1) is 11.3 Å². The monoisotopic (exact) mass is 507 g/mol. The predicted octanol–water partition coefficient (Wildman–Crippen LogP) is 7.30. The van der Waals surface area contributed by atoms with Crippen molar-refractivity contribution >= 4 is 17.2 Å². The zero-order chi connectivity index (χ0) is 25.6. The van der Waals surface area contributed by atoms with Crippen LogP contribution in [-0.2, 0) is 6.54 Å². The van der Waals surface area contributed by atoms with E-state index < -0.39 is 0 Å². The molecule has 0 fully saturated rings. The van der Waals surface area contributed by atoms with Crippen LogP contribution in [0, 0.1) is 6.92 Å². The Hall–Kier alpha value is -4.16. The number of aryl methyl sites for hydroxylation is 1. The second-order valence-corrected chi connectivity index (χ2v) is 9.88. The van der Waals surface area contributed by atoms with E-state index in [4.69, 9.17) is 9.84 Å². The Balaban J connectivity index is 1.41. The van der Waals surface area contributed by atoms with Gasteiger partial charge in [-0.3, -0.25) is 4.79 Å². The molecule has 186 valence electrons. The highest BCUT2D eigenvalue weighted by Gasteiger charge is 2.17. The van der Waals surface area contributed by atoms with E-state index in [2.05, 4.69) is 24.4 Å². The van der Waals surface area contributed by atoms with Gasteiger partial charge in [0.15, 0.2) is 0 Å². The first kappa shape index (κ1) is 24.5. The Morgan fingerprint density at radius 3 is 2.43 bits per heavy atom. The minimum absolute atomic E-state index is 0.0891. The number of benzene rings is 3. The van der Waals surface area contributed by atoms with Gasteiger partial charge in [-0.25, -0.2) is 4.68 Å². The third-order valence-electron chi connectivity index (χ3n) is 6.01. The quantitative estimate of drug-likeness (QED) is 0.228. The topological polar surface area (TPSA) is 56.1 Å². The fraction of sp³-hybridized carbons (Fsp3) is 0.161. The smallest absolute Gasteiger partial charge is 0.261 e. The molecule has 0 aliphatic rings. The van der Waals surface area contributed by atoms with E-state index in [1.54, 1.807) is 0 Å². The van der Waals surface area contributed by atoms with Crippen LogP contribution in [0.2, 0.25) is 0 Å². The van der Waals surface area contributed by atoms with Crippen LogP contribution < -0.4 is 10.1 Å². The summed E-state index contributed by atoms with van der Waals surface area (Å²) in [6, 6.07) is 30.1. The van der Waals surface area contributed by atoms with Crippen molar-refractivity contribution in [1.29, 1.82) is 0 Å². The van der Waals surface area contributed by atoms with E-state index in [0.29, 0.717) is 18.0 Å². The van der Waals surface area contributed by atoms with Crippen molar-refractivity contribution in [3.63, 3.8) is 0 Å². The first-order chi connectivity index (χ1) is 18.1. The molecule has 0 radical (unpaired) electrons. The lowest BCUT2D eigenvalue weighted by atomic mass is 10.1. The van der Waals surface area contributed by atoms with Gasteiger partial charge in [0.05, 0.1) is 22.9 Å². The van der Waals surface area contributed by atoms with Gasteiger partial charge >= 0.3 is 0 Å². The average molecular weight is 508 g/mol. The lowest BCUT2D eigenvalue weighted by Crippen LogP contribution is -2.21. The van der Waals surface area contributed by atoms with Crippen molar-refractivity contribution < 1.29 is 9.53 Å². The Morgan fingerprint density at radius 1 is 0.946 bits per heavy atom. The fourth-order valence-electron chi connectivity index (χ4n) is 4.18. The van der Waals surface area contributed by atoms with Crippen molar-refractivity contribution in [3.05, 3.63) is 113 Å². The molecule has 0 atom stereocenters. The van der Waals surface area contributed by atoms with Crippen LogP contribution in [0.25, 0.3) is 27.4 Å². The number of carbonyl (C=O) groups excluding carboxylic acids is 1. The molecular weight excluding hydrogens is 478 g/mol. The largest absolute Gasteiger partial charge is 0.494 e. The van der Waals surface area contributed by atoms with E-state index in [-0.39, 0.29) is 5.91 Å². The molecule has 2 aromatic heterocycles. The number of nitrogens with one attached hydrogen (secondary N) is 1. The van der Waals surface area contributed by atoms with Crippen LogP contribution in [0.5, 0.6) is 5.75 Å². The molecule has 1 N–H and O–H groups in total. The molecule has 1 amide bonds. The lowest BCUT2D eigenvalue weighted by Gasteiger charge is -2.08. The van der Waals surface area contributed by atoms with E-state index in [1.165, 1.54) is 11.3 Å². The standard InChI is InChI=1S/C31H29N3O2S/c1-3-17-36-27-16-10-13-24(19-27)29-25(21-34(33-29)26-14-8-5-9-15-26)20-32-31(35)28-18-22(2)30(37-28)23-11-6-4-7-12-23/h4-16,18-19,21H,3,17,20H2,1-2H3,(H,32,35). The number of para-hydroxylation sites is 1. The molecule has 0 aliphatic heterocycles. The summed E-state index contributed by atoms with van der Waals surface area (Å²) in [4.78, 5) is 15.0. The van der Waals surface area contributed by atoms with Gasteiger partial charge in [0.25, 0.3) is 5.91 Å². The van der Waals surface area contributed by atoms with Crippen LogP contribution in [0.1, 0.15) is 34.1 Å². The van der Waals surface area contributed by atoms with E-state index in [1.807, 2.05) is 96.7 Å². The Bertz CT molecular complexity index is 1490. The van der Waals surface area contributed by atoms with Crippen molar-refractivity contribution in [2.24, 2.45) is 0 Å². The summed E-state index contributed by atoms with van der Waals surface area (Å²) in [5.41, 5.74) is 5.88. The molecule has 0 saturated carbocycles. The molecule has 0 unspecified atom stereocenters. The number of amides is 1. The zero-order valence-corrected chi connectivity index (χ0v) is 21.8. The van der Waals surface area contributed by atoms with Crippen molar-refractivity contribution in [2.75, 3.05) is 6.61 Å². The minimum Gasteiger partial charge on any atom is -0.494 e. The van der Waals surface area contributed by atoms with Crippen LogP contribution in [0.15, 0.2) is 97.2 Å². The van der Waals surface area contributed by atoms with Crippen molar-refractivity contribution in [3.8, 4) is 33.1 Å². The summed E-state index contributed by atoms with van der Waals surface area (Å²) < 4.78 is 7.71. The Labute approximate surface area is 221 Å². The molecule has 5 nitrogen and oxygen atoms in total. The third kappa shape index (κ3) is 5.65. The first-order valence-corrected chi connectivity index (χ1v) is 13.3. The number of rotatable bonds is 9. The maximum Gasteiger partial charge on any atom is 0.261 e. The molecule has 5 aromatic rings. The van der Waals surface area contributed by atoms with Crippen LogP contribution in [-0.4, -0.2) is 22.3 Å². The average Bonchev–Trinajstić information content (AvgIpc) is 3.56. The fourth-order valence-corrected chi connectivity index (χ4v) is 5.28. The highest BCUT2D eigenvalue weighted by atomic mass is 32.1. The normalized spacial score (nSPS) is 10.9. The number of nitrogens with zero attached hydrogens (tertiary/aromatic N) is 2. The molecule has 37 heavy (non-hydrogen) atoms. The van der Waals surface area contributed by atoms with E-state index in [9.17, 15) is 4.79 Å². The number of hydrogen-bond donors (Lipinski definition) is 1. The highest BCUT2D eigenvalue weighted by molar-refractivity contribution is 7.17. The van der Waals surface area contributed by atoms with Crippen LogP contribution in [0.4, 0.5) is 0 Å². The van der Waals surface area contributed by atoms with Gasteiger partial charge in [0.1, 0.15) is 5.75 Å². The molecule has 3 aromatic carbocycles. The van der Waals surface area contributed by atoms with Crippen molar-refractivity contribution in [2.45, 2.75) is 26.8 Å². The molecule has 2 heterocycles. The number of hydrogen-bond acceptors (Lipinski definition) is 4. The molecular formula is C31H29N3O2S.